The van der Waals surface area contributed by atoms with Crippen LogP contribution >= 0.6 is 15.9 Å². The Labute approximate surface area is 172 Å². The van der Waals surface area contributed by atoms with E-state index < -0.39 is 30.5 Å². The highest BCUT2D eigenvalue weighted by atomic mass is 79.9. The van der Waals surface area contributed by atoms with E-state index in [4.69, 9.17) is 0 Å². The highest BCUT2D eigenvalue weighted by Crippen LogP contribution is 2.36. The van der Waals surface area contributed by atoms with Gasteiger partial charge in [0.25, 0.3) is 6.43 Å². The summed E-state index contributed by atoms with van der Waals surface area (Å²) in [6.45, 7) is 0.359. The summed E-state index contributed by atoms with van der Waals surface area (Å²) in [5.41, 5.74) is 0.941. The van der Waals surface area contributed by atoms with Crippen LogP contribution in [0.1, 0.15) is 36.2 Å². The zero-order chi connectivity index (χ0) is 21.3. The Balaban J connectivity index is 2.02. The van der Waals surface area contributed by atoms with Crippen molar-refractivity contribution in [2.24, 2.45) is 0 Å². The predicted octanol–water partition coefficient (Wildman–Crippen LogP) is 7.16. The molecule has 154 valence electrons. The summed E-state index contributed by atoms with van der Waals surface area (Å²) in [4.78, 5) is 4.32. The molecule has 9 heteroatoms. The van der Waals surface area contributed by atoms with Gasteiger partial charge in [-0.25, -0.2) is 13.2 Å². The smallest absolute Gasteiger partial charge is 0.387 e. The van der Waals surface area contributed by atoms with Crippen molar-refractivity contribution in [1.29, 1.82) is 0 Å². The summed E-state index contributed by atoms with van der Waals surface area (Å²) in [5.74, 6) is -1.04. The second-order valence-corrected chi connectivity index (χ2v) is 7.26. The summed E-state index contributed by atoms with van der Waals surface area (Å²) in [6, 6.07) is 7.83. The number of fused-ring (bicyclic) bond motifs is 1. The number of nitrogens with one attached hydrogen (secondary N) is 1. The molecular weight excluding hydrogens is 459 g/mol. The van der Waals surface area contributed by atoms with Crippen LogP contribution in [0.5, 0.6) is 5.75 Å². The van der Waals surface area contributed by atoms with Gasteiger partial charge in [0.05, 0.1) is 21.6 Å². The molecule has 3 aromatic rings. The number of nitrogens with zero attached hydrogens (tertiary/aromatic N) is 1. The standard InChI is InChI=1S/C20H16BrF5N2O/c1-9-6-15(13-7-14(21)17(29-20(25)26)8-16(13)27-9)28-10(2)11-4-3-5-12(18(11)22)19(23)24/h3-8,10,19-20H,1-2H3,(H,27,28). The highest BCUT2D eigenvalue weighted by molar-refractivity contribution is 9.10. The molecule has 3 nitrogen and oxygen atoms in total. The Morgan fingerprint density at radius 2 is 1.76 bits per heavy atom. The molecule has 0 aliphatic rings. The zero-order valence-corrected chi connectivity index (χ0v) is 16.9. The first kappa shape index (κ1) is 21.3. The minimum atomic E-state index is -2.99. The summed E-state index contributed by atoms with van der Waals surface area (Å²) >= 11 is 3.19. The molecule has 1 N–H and O–H groups in total. The predicted molar refractivity (Wildman–Crippen MR) is 104 cm³/mol. The SMILES string of the molecule is Cc1cc(NC(C)c2cccc(C(F)F)c2F)c2cc(Br)c(OC(F)F)cc2n1. The van der Waals surface area contributed by atoms with Gasteiger partial charge in [-0.3, -0.25) is 4.98 Å². The van der Waals surface area contributed by atoms with Crippen LogP contribution in [0.2, 0.25) is 0 Å². The maximum Gasteiger partial charge on any atom is 0.387 e. The van der Waals surface area contributed by atoms with Crippen LogP contribution in [-0.4, -0.2) is 11.6 Å². The van der Waals surface area contributed by atoms with Crippen LogP contribution in [0.25, 0.3) is 10.9 Å². The lowest BCUT2D eigenvalue weighted by Crippen LogP contribution is -2.11. The van der Waals surface area contributed by atoms with Crippen molar-refractivity contribution in [3.05, 3.63) is 63.5 Å². The van der Waals surface area contributed by atoms with Crippen LogP contribution in [0, 0.1) is 12.7 Å². The van der Waals surface area contributed by atoms with Crippen molar-refractivity contribution in [3.8, 4) is 5.75 Å². The van der Waals surface area contributed by atoms with Crippen molar-refractivity contribution in [3.63, 3.8) is 0 Å². The molecule has 1 unspecified atom stereocenters. The van der Waals surface area contributed by atoms with Gasteiger partial charge in [0.1, 0.15) is 11.6 Å². The third-order valence-corrected chi connectivity index (χ3v) is 4.96. The number of benzene rings is 2. The number of aryl methyl sites for hydroxylation is 1. The van der Waals surface area contributed by atoms with Gasteiger partial charge < -0.3 is 10.1 Å². The molecule has 0 radical (unpaired) electrons. The van der Waals surface area contributed by atoms with Crippen molar-refractivity contribution in [2.45, 2.75) is 32.9 Å². The molecule has 0 saturated heterocycles. The highest BCUT2D eigenvalue weighted by Gasteiger charge is 2.20. The molecule has 0 spiro atoms. The Bertz CT molecular complexity index is 1050. The number of rotatable bonds is 6. The molecule has 0 fully saturated rings. The second kappa shape index (κ2) is 8.52. The fraction of sp³-hybridized carbons (Fsp3) is 0.250. The van der Waals surface area contributed by atoms with E-state index in [0.717, 1.165) is 6.07 Å². The average molecular weight is 475 g/mol. The van der Waals surface area contributed by atoms with Gasteiger partial charge >= 0.3 is 6.61 Å². The number of alkyl halides is 4. The Morgan fingerprint density at radius 3 is 2.41 bits per heavy atom. The van der Waals surface area contributed by atoms with Crippen LogP contribution in [0.4, 0.5) is 27.6 Å². The Hall–Kier alpha value is -2.42. The van der Waals surface area contributed by atoms with E-state index in [1.807, 2.05) is 0 Å². The first-order chi connectivity index (χ1) is 13.7. The summed E-state index contributed by atoms with van der Waals surface area (Å²) < 4.78 is 70.4. The third-order valence-electron chi connectivity index (χ3n) is 4.34. The number of hydrogen-bond acceptors (Lipinski definition) is 3. The van der Waals surface area contributed by atoms with Gasteiger partial charge in [0, 0.05) is 28.4 Å². The van der Waals surface area contributed by atoms with Gasteiger partial charge in [-0.05, 0) is 41.9 Å². The lowest BCUT2D eigenvalue weighted by atomic mass is 10.0. The van der Waals surface area contributed by atoms with E-state index in [9.17, 15) is 22.0 Å². The number of anilines is 1. The van der Waals surface area contributed by atoms with Gasteiger partial charge in [-0.1, -0.05) is 18.2 Å². The van der Waals surface area contributed by atoms with E-state index in [1.54, 1.807) is 26.0 Å². The molecular formula is C20H16BrF5N2O. The molecule has 2 aromatic carbocycles. The summed E-state index contributed by atoms with van der Waals surface area (Å²) in [7, 11) is 0. The monoisotopic (exact) mass is 474 g/mol. The second-order valence-electron chi connectivity index (χ2n) is 6.41. The van der Waals surface area contributed by atoms with E-state index in [0.29, 0.717) is 22.3 Å². The fourth-order valence-corrected chi connectivity index (χ4v) is 3.48. The molecule has 3 rings (SSSR count). The third kappa shape index (κ3) is 4.60. The maximum atomic E-state index is 14.5. The summed E-state index contributed by atoms with van der Waals surface area (Å²) in [5, 5.41) is 3.67. The number of hydrogen-bond donors (Lipinski definition) is 1. The lowest BCUT2D eigenvalue weighted by molar-refractivity contribution is -0.0502. The number of aromatic nitrogens is 1. The van der Waals surface area contributed by atoms with Gasteiger partial charge in [-0.2, -0.15) is 8.78 Å². The lowest BCUT2D eigenvalue weighted by Gasteiger charge is -2.20. The van der Waals surface area contributed by atoms with Crippen LogP contribution in [0.3, 0.4) is 0 Å². The molecule has 0 aliphatic heterocycles. The first-order valence-electron chi connectivity index (χ1n) is 8.56. The summed E-state index contributed by atoms with van der Waals surface area (Å²) in [6.07, 6.45) is -2.92. The molecule has 1 heterocycles. The van der Waals surface area contributed by atoms with Crippen LogP contribution in [0.15, 0.2) is 40.9 Å². The zero-order valence-electron chi connectivity index (χ0n) is 15.3. The van der Waals surface area contributed by atoms with Crippen molar-refractivity contribution >= 4 is 32.5 Å². The average Bonchev–Trinajstić information content (AvgIpc) is 2.62. The molecule has 0 amide bonds. The van der Waals surface area contributed by atoms with Gasteiger partial charge in [-0.15, -0.1) is 0 Å². The molecule has 0 aliphatic carbocycles. The van der Waals surface area contributed by atoms with Crippen molar-refractivity contribution in [2.75, 3.05) is 5.32 Å². The van der Waals surface area contributed by atoms with Crippen LogP contribution < -0.4 is 10.1 Å². The molecule has 0 bridgehead atoms. The molecule has 0 saturated carbocycles. The van der Waals surface area contributed by atoms with Crippen molar-refractivity contribution < 1.29 is 26.7 Å². The van der Waals surface area contributed by atoms with E-state index >= 15 is 0 Å². The van der Waals surface area contributed by atoms with E-state index in [-0.39, 0.29) is 15.8 Å². The van der Waals surface area contributed by atoms with Gasteiger partial charge in [0.2, 0.25) is 0 Å². The molecule has 1 atom stereocenters. The Morgan fingerprint density at radius 1 is 1.07 bits per heavy atom. The quantitative estimate of drug-likeness (QED) is 0.385. The minimum absolute atomic E-state index is 0.0692. The molecule has 1 aromatic heterocycles. The number of halogens is 6. The topological polar surface area (TPSA) is 34.1 Å². The number of pyridine rings is 1. The number of ether oxygens (including phenoxy) is 1. The van der Waals surface area contributed by atoms with Crippen molar-refractivity contribution in [1.82, 2.24) is 4.98 Å². The molecule has 29 heavy (non-hydrogen) atoms. The maximum absolute atomic E-state index is 14.5. The van der Waals surface area contributed by atoms with Crippen LogP contribution in [-0.2, 0) is 0 Å². The van der Waals surface area contributed by atoms with E-state index in [2.05, 4.69) is 31.0 Å². The van der Waals surface area contributed by atoms with Gasteiger partial charge in [0.15, 0.2) is 0 Å². The normalized spacial score (nSPS) is 12.6. The fourth-order valence-electron chi connectivity index (χ4n) is 3.05. The Kier molecular flexibility index (Phi) is 6.26. The largest absolute Gasteiger partial charge is 0.434 e. The van der Waals surface area contributed by atoms with E-state index in [1.165, 1.54) is 18.2 Å². The minimum Gasteiger partial charge on any atom is -0.434 e. The first-order valence-corrected chi connectivity index (χ1v) is 9.35.